The fraction of sp³-hybridized carbons (Fsp3) is 0.176. The van der Waals surface area contributed by atoms with Crippen LogP contribution in [-0.2, 0) is 4.79 Å². The van der Waals surface area contributed by atoms with Crippen molar-refractivity contribution in [3.8, 4) is 5.75 Å². The van der Waals surface area contributed by atoms with E-state index in [-0.39, 0.29) is 17.4 Å². The molecule has 25 heavy (non-hydrogen) atoms. The molecule has 0 saturated carbocycles. The molecule has 0 atom stereocenters. The predicted octanol–water partition coefficient (Wildman–Crippen LogP) is 5.43. The minimum atomic E-state index is -0.185. The molecular formula is C17H15BrCl2N2O2S. The SMILES string of the molecule is O=C(CCCOc1ccc(Cl)cc1Cl)NC(=S)Nc1ccccc1Br. The molecule has 8 heteroatoms. The number of carbonyl (C=O) groups is 1. The van der Waals surface area contributed by atoms with Crippen molar-refractivity contribution in [2.45, 2.75) is 12.8 Å². The van der Waals surface area contributed by atoms with Crippen LogP contribution < -0.4 is 15.4 Å². The molecule has 0 fully saturated rings. The zero-order chi connectivity index (χ0) is 18.2. The second-order valence-corrected chi connectivity index (χ2v) is 7.12. The Morgan fingerprint density at radius 1 is 1.20 bits per heavy atom. The molecule has 132 valence electrons. The normalized spacial score (nSPS) is 10.2. The van der Waals surface area contributed by atoms with Crippen LogP contribution in [0.2, 0.25) is 10.0 Å². The molecule has 0 aliphatic rings. The van der Waals surface area contributed by atoms with Gasteiger partial charge in [0.2, 0.25) is 5.91 Å². The molecule has 2 N–H and O–H groups in total. The summed E-state index contributed by atoms with van der Waals surface area (Å²) < 4.78 is 6.39. The highest BCUT2D eigenvalue weighted by Crippen LogP contribution is 2.27. The lowest BCUT2D eigenvalue weighted by Gasteiger charge is -2.11. The number of hydrogen-bond acceptors (Lipinski definition) is 3. The van der Waals surface area contributed by atoms with Gasteiger partial charge in [-0.2, -0.15) is 0 Å². The van der Waals surface area contributed by atoms with E-state index in [1.54, 1.807) is 18.2 Å². The number of carbonyl (C=O) groups excluding carboxylic acids is 1. The maximum atomic E-state index is 11.9. The van der Waals surface area contributed by atoms with Crippen molar-refractivity contribution in [1.29, 1.82) is 0 Å². The largest absolute Gasteiger partial charge is 0.492 e. The maximum absolute atomic E-state index is 11.9. The standard InChI is InChI=1S/C17H15BrCl2N2O2S/c18-12-4-1-2-5-14(12)21-17(25)22-16(23)6-3-9-24-15-8-7-11(19)10-13(15)20/h1-2,4-5,7-8,10H,3,6,9H2,(H2,21,22,23,25). The van der Waals surface area contributed by atoms with Gasteiger partial charge in [0.1, 0.15) is 5.75 Å². The molecule has 0 bridgehead atoms. The van der Waals surface area contributed by atoms with Gasteiger partial charge in [0, 0.05) is 15.9 Å². The van der Waals surface area contributed by atoms with Gasteiger partial charge in [-0.05, 0) is 64.9 Å². The molecule has 2 aromatic rings. The van der Waals surface area contributed by atoms with Crippen LogP contribution in [0, 0.1) is 0 Å². The van der Waals surface area contributed by atoms with Crippen molar-refractivity contribution in [2.24, 2.45) is 0 Å². The van der Waals surface area contributed by atoms with Crippen molar-refractivity contribution in [1.82, 2.24) is 5.32 Å². The van der Waals surface area contributed by atoms with Crippen LogP contribution in [0.5, 0.6) is 5.75 Å². The maximum Gasteiger partial charge on any atom is 0.226 e. The van der Waals surface area contributed by atoms with Crippen LogP contribution >= 0.6 is 51.3 Å². The number of nitrogens with one attached hydrogen (secondary N) is 2. The van der Waals surface area contributed by atoms with Gasteiger partial charge in [-0.15, -0.1) is 0 Å². The Kier molecular flexibility index (Phi) is 7.96. The van der Waals surface area contributed by atoms with Gasteiger partial charge in [0.25, 0.3) is 0 Å². The number of benzene rings is 2. The van der Waals surface area contributed by atoms with Gasteiger partial charge >= 0.3 is 0 Å². The van der Waals surface area contributed by atoms with Gasteiger partial charge in [0.05, 0.1) is 17.3 Å². The summed E-state index contributed by atoms with van der Waals surface area (Å²) in [4.78, 5) is 11.9. The number of ether oxygens (including phenoxy) is 1. The summed E-state index contributed by atoms with van der Waals surface area (Å²) in [6.45, 7) is 0.360. The lowest BCUT2D eigenvalue weighted by Crippen LogP contribution is -2.34. The highest BCUT2D eigenvalue weighted by atomic mass is 79.9. The number of para-hydroxylation sites is 1. The summed E-state index contributed by atoms with van der Waals surface area (Å²) in [7, 11) is 0. The van der Waals surface area contributed by atoms with Gasteiger partial charge in [-0.1, -0.05) is 35.3 Å². The molecule has 0 heterocycles. The second-order valence-electron chi connectivity index (χ2n) is 5.01. The van der Waals surface area contributed by atoms with E-state index in [1.165, 1.54) is 0 Å². The third kappa shape index (κ3) is 6.82. The molecule has 2 rings (SSSR count). The Morgan fingerprint density at radius 2 is 1.96 bits per heavy atom. The summed E-state index contributed by atoms with van der Waals surface area (Å²) in [5.74, 6) is 0.355. The van der Waals surface area contributed by atoms with E-state index in [2.05, 4.69) is 26.6 Å². The Morgan fingerprint density at radius 3 is 2.68 bits per heavy atom. The molecule has 1 amide bonds. The van der Waals surface area contributed by atoms with Crippen molar-refractivity contribution in [3.05, 3.63) is 57.0 Å². The minimum Gasteiger partial charge on any atom is -0.492 e. The van der Waals surface area contributed by atoms with Crippen LogP contribution in [0.3, 0.4) is 0 Å². The summed E-state index contributed by atoms with van der Waals surface area (Å²) >= 11 is 20.4. The Bertz CT molecular complexity index is 774. The number of hydrogen-bond donors (Lipinski definition) is 2. The third-order valence-corrected chi connectivity index (χ3v) is 4.50. The third-order valence-electron chi connectivity index (χ3n) is 3.07. The van der Waals surface area contributed by atoms with Crippen molar-refractivity contribution in [2.75, 3.05) is 11.9 Å². The van der Waals surface area contributed by atoms with E-state index in [1.807, 2.05) is 24.3 Å². The molecule has 0 saturated heterocycles. The number of thiocarbonyl (C=S) groups is 1. The van der Waals surface area contributed by atoms with Gasteiger partial charge in [0.15, 0.2) is 5.11 Å². The minimum absolute atomic E-state index is 0.185. The van der Waals surface area contributed by atoms with E-state index in [0.29, 0.717) is 28.8 Å². The lowest BCUT2D eigenvalue weighted by atomic mass is 10.3. The Hall–Kier alpha value is -1.34. The summed E-state index contributed by atoms with van der Waals surface area (Å²) in [6.07, 6.45) is 0.811. The average molecular weight is 462 g/mol. The van der Waals surface area contributed by atoms with E-state index in [9.17, 15) is 4.79 Å². The summed E-state index contributed by atoms with van der Waals surface area (Å²) in [6, 6.07) is 12.5. The van der Waals surface area contributed by atoms with E-state index < -0.39 is 0 Å². The lowest BCUT2D eigenvalue weighted by molar-refractivity contribution is -0.119. The zero-order valence-electron chi connectivity index (χ0n) is 13.0. The van der Waals surface area contributed by atoms with E-state index in [0.717, 1.165) is 10.2 Å². The first-order valence-electron chi connectivity index (χ1n) is 7.39. The number of anilines is 1. The predicted molar refractivity (Wildman–Crippen MR) is 110 cm³/mol. The quantitative estimate of drug-likeness (QED) is 0.445. The van der Waals surface area contributed by atoms with Crippen LogP contribution in [-0.4, -0.2) is 17.6 Å². The van der Waals surface area contributed by atoms with Gasteiger partial charge < -0.3 is 15.4 Å². The topological polar surface area (TPSA) is 50.4 Å². The molecule has 0 spiro atoms. The van der Waals surface area contributed by atoms with E-state index in [4.69, 9.17) is 40.2 Å². The summed E-state index contributed by atoms with van der Waals surface area (Å²) in [5, 5.41) is 6.83. The monoisotopic (exact) mass is 460 g/mol. The van der Waals surface area contributed by atoms with Crippen LogP contribution in [0.15, 0.2) is 46.9 Å². The smallest absolute Gasteiger partial charge is 0.226 e. The van der Waals surface area contributed by atoms with Crippen LogP contribution in [0.25, 0.3) is 0 Å². The van der Waals surface area contributed by atoms with E-state index >= 15 is 0 Å². The highest BCUT2D eigenvalue weighted by Gasteiger charge is 2.07. The fourth-order valence-corrected chi connectivity index (χ4v) is 2.98. The first kappa shape index (κ1) is 20.0. The molecule has 0 unspecified atom stereocenters. The number of amides is 1. The Labute approximate surface area is 170 Å². The molecule has 2 aromatic carbocycles. The first-order chi connectivity index (χ1) is 12.0. The molecule has 0 aliphatic carbocycles. The molecule has 4 nitrogen and oxygen atoms in total. The van der Waals surface area contributed by atoms with Gasteiger partial charge in [-0.3, -0.25) is 4.79 Å². The van der Waals surface area contributed by atoms with Gasteiger partial charge in [-0.25, -0.2) is 0 Å². The number of rotatable bonds is 6. The van der Waals surface area contributed by atoms with Crippen molar-refractivity contribution in [3.63, 3.8) is 0 Å². The number of halogens is 3. The zero-order valence-corrected chi connectivity index (χ0v) is 16.9. The second kappa shape index (κ2) is 9.97. The molecule has 0 aliphatic heterocycles. The molecule has 0 aromatic heterocycles. The average Bonchev–Trinajstić information content (AvgIpc) is 2.55. The fourth-order valence-electron chi connectivity index (χ4n) is 1.91. The Balaban J connectivity index is 1.70. The van der Waals surface area contributed by atoms with Crippen molar-refractivity contribution >= 4 is 68.1 Å². The van der Waals surface area contributed by atoms with Crippen LogP contribution in [0.1, 0.15) is 12.8 Å². The highest BCUT2D eigenvalue weighted by molar-refractivity contribution is 9.10. The van der Waals surface area contributed by atoms with Crippen molar-refractivity contribution < 1.29 is 9.53 Å². The summed E-state index contributed by atoms with van der Waals surface area (Å²) in [5.41, 5.74) is 0.786. The first-order valence-corrected chi connectivity index (χ1v) is 9.34. The molecule has 0 radical (unpaired) electrons. The van der Waals surface area contributed by atoms with Crippen LogP contribution in [0.4, 0.5) is 5.69 Å². The molecular weight excluding hydrogens is 447 g/mol.